The van der Waals surface area contributed by atoms with Gasteiger partial charge in [0, 0.05) is 46.3 Å². The van der Waals surface area contributed by atoms with Crippen molar-refractivity contribution in [2.45, 2.75) is 33.4 Å². The number of amides is 1. The van der Waals surface area contributed by atoms with E-state index in [1.807, 2.05) is 80.1 Å². The van der Waals surface area contributed by atoms with E-state index in [9.17, 15) is 14.0 Å². The Kier molecular flexibility index (Phi) is 7.90. The van der Waals surface area contributed by atoms with Crippen LogP contribution in [0.25, 0.3) is 17.0 Å². The minimum Gasteiger partial charge on any atom is -0.342 e. The van der Waals surface area contributed by atoms with Crippen LogP contribution >= 0.6 is 22.9 Å². The van der Waals surface area contributed by atoms with E-state index in [1.165, 1.54) is 17.4 Å². The van der Waals surface area contributed by atoms with Crippen LogP contribution in [0.15, 0.2) is 100 Å². The molecule has 43 heavy (non-hydrogen) atoms. The zero-order valence-electron chi connectivity index (χ0n) is 24.1. The number of rotatable bonds is 7. The fourth-order valence-corrected chi connectivity index (χ4v) is 6.87. The Balaban J connectivity index is 1.52. The maximum Gasteiger partial charge on any atom is 0.271 e. The number of carbonyl (C=O) groups excluding carboxylic acids is 1. The number of carbonyl (C=O) groups is 1. The molecule has 0 radical (unpaired) electrons. The summed E-state index contributed by atoms with van der Waals surface area (Å²) in [4.78, 5) is 35.0. The van der Waals surface area contributed by atoms with Crippen molar-refractivity contribution in [2.24, 2.45) is 4.99 Å². The number of hydrogen-bond acceptors (Lipinski definition) is 4. The lowest BCUT2D eigenvalue weighted by Crippen LogP contribution is -2.43. The van der Waals surface area contributed by atoms with Crippen LogP contribution in [0.2, 0.25) is 5.02 Å². The van der Waals surface area contributed by atoms with E-state index in [0.717, 1.165) is 22.0 Å². The Hall–Kier alpha value is -4.27. The number of thiazole rings is 1. The number of nitrogens with zero attached hydrogens (tertiary/aromatic N) is 4. The third-order valence-electron chi connectivity index (χ3n) is 7.89. The van der Waals surface area contributed by atoms with E-state index in [0.29, 0.717) is 50.8 Å². The zero-order valence-corrected chi connectivity index (χ0v) is 25.6. The van der Waals surface area contributed by atoms with Crippen LogP contribution in [0.5, 0.6) is 0 Å². The summed E-state index contributed by atoms with van der Waals surface area (Å²) in [6, 6.07) is 21.2. The number of aromatic nitrogens is 2. The molecule has 0 bridgehead atoms. The zero-order chi connectivity index (χ0) is 30.2. The normalized spacial score (nSPS) is 15.1. The van der Waals surface area contributed by atoms with Crippen LogP contribution in [0, 0.1) is 5.82 Å². The molecule has 1 aliphatic rings. The van der Waals surface area contributed by atoms with E-state index >= 15 is 0 Å². The van der Waals surface area contributed by atoms with Crippen molar-refractivity contribution < 1.29 is 9.18 Å². The molecule has 218 valence electrons. The molecule has 3 heterocycles. The first-order valence-electron chi connectivity index (χ1n) is 14.2. The van der Waals surface area contributed by atoms with E-state index in [2.05, 4.69) is 0 Å². The van der Waals surface area contributed by atoms with Crippen LogP contribution in [-0.4, -0.2) is 33.0 Å². The lowest BCUT2D eigenvalue weighted by molar-refractivity contribution is -0.127. The predicted octanol–water partition coefficient (Wildman–Crippen LogP) is 5.90. The van der Waals surface area contributed by atoms with E-state index in [-0.39, 0.29) is 17.3 Å². The highest BCUT2D eigenvalue weighted by Crippen LogP contribution is 2.32. The van der Waals surface area contributed by atoms with Crippen molar-refractivity contribution in [3.8, 4) is 0 Å². The van der Waals surface area contributed by atoms with Crippen molar-refractivity contribution in [1.82, 2.24) is 14.0 Å². The number of likely N-dealkylation sites (N-methyl/N-ethyl adjacent to an activating group) is 1. The van der Waals surface area contributed by atoms with Gasteiger partial charge in [-0.25, -0.2) is 9.38 Å². The third-order valence-corrected chi connectivity index (χ3v) is 9.13. The summed E-state index contributed by atoms with van der Waals surface area (Å²) < 4.78 is 18.6. The van der Waals surface area contributed by atoms with Crippen molar-refractivity contribution >= 4 is 45.8 Å². The molecule has 0 unspecified atom stereocenters. The average Bonchev–Trinajstić information content (AvgIpc) is 3.50. The SMILES string of the molecule is CCN(CC)C(=O)C1=C(C)N=c2s/c(=C/c3cn(Cc4ccccc4F)c4ccccc34)c(=O)n2[C@@H]1c1ccc(Cl)cc1. The van der Waals surface area contributed by atoms with E-state index in [1.54, 1.807) is 33.7 Å². The monoisotopic (exact) mass is 612 g/mol. The molecule has 2 aromatic heterocycles. The predicted molar refractivity (Wildman–Crippen MR) is 171 cm³/mol. The van der Waals surface area contributed by atoms with Gasteiger partial charge in [0.2, 0.25) is 0 Å². The first kappa shape index (κ1) is 28.8. The second-order valence-electron chi connectivity index (χ2n) is 10.4. The molecule has 6 rings (SSSR count). The Morgan fingerprint density at radius 3 is 2.47 bits per heavy atom. The summed E-state index contributed by atoms with van der Waals surface area (Å²) >= 11 is 7.50. The molecular weight excluding hydrogens is 583 g/mol. The summed E-state index contributed by atoms with van der Waals surface area (Å²) in [7, 11) is 0. The third kappa shape index (κ3) is 5.26. The smallest absolute Gasteiger partial charge is 0.271 e. The molecule has 5 aromatic rings. The van der Waals surface area contributed by atoms with Gasteiger partial charge in [-0.05, 0) is 56.7 Å². The van der Waals surface area contributed by atoms with Crippen LogP contribution < -0.4 is 14.9 Å². The van der Waals surface area contributed by atoms with Crippen LogP contribution in [0.1, 0.15) is 43.5 Å². The number of halogens is 2. The average molecular weight is 613 g/mol. The van der Waals surface area contributed by atoms with Crippen molar-refractivity contribution in [2.75, 3.05) is 13.1 Å². The number of allylic oxidation sites excluding steroid dienone is 1. The first-order chi connectivity index (χ1) is 20.8. The number of benzene rings is 3. The second kappa shape index (κ2) is 11.8. The van der Waals surface area contributed by atoms with Gasteiger partial charge in [-0.2, -0.15) is 0 Å². The largest absolute Gasteiger partial charge is 0.342 e. The summed E-state index contributed by atoms with van der Waals surface area (Å²) in [6.45, 7) is 7.14. The van der Waals surface area contributed by atoms with Gasteiger partial charge in [0.05, 0.1) is 28.4 Å². The van der Waals surface area contributed by atoms with Gasteiger partial charge in [0.25, 0.3) is 11.5 Å². The van der Waals surface area contributed by atoms with Crippen molar-refractivity contribution in [1.29, 1.82) is 0 Å². The molecular formula is C34H30ClFN4O2S. The highest BCUT2D eigenvalue weighted by molar-refractivity contribution is 7.07. The topological polar surface area (TPSA) is 59.6 Å². The van der Waals surface area contributed by atoms with Gasteiger partial charge in [-0.15, -0.1) is 0 Å². The Bertz CT molecular complexity index is 2070. The maximum atomic E-state index is 14.5. The molecule has 0 aliphatic carbocycles. The molecule has 9 heteroatoms. The highest BCUT2D eigenvalue weighted by Gasteiger charge is 2.34. The minimum atomic E-state index is -0.647. The molecule has 0 N–H and O–H groups in total. The van der Waals surface area contributed by atoms with Gasteiger partial charge in [0.15, 0.2) is 4.80 Å². The van der Waals surface area contributed by atoms with Gasteiger partial charge in [-0.1, -0.05) is 71.5 Å². The molecule has 0 spiro atoms. The molecule has 1 aliphatic heterocycles. The van der Waals surface area contributed by atoms with Crippen LogP contribution in [0.3, 0.4) is 0 Å². The summed E-state index contributed by atoms with van der Waals surface area (Å²) in [5.41, 5.74) is 3.98. The molecule has 3 aromatic carbocycles. The highest BCUT2D eigenvalue weighted by atomic mass is 35.5. The molecule has 1 atom stereocenters. The van der Waals surface area contributed by atoms with E-state index in [4.69, 9.17) is 16.6 Å². The number of fused-ring (bicyclic) bond motifs is 2. The summed E-state index contributed by atoms with van der Waals surface area (Å²) in [5, 5.41) is 1.52. The quantitative estimate of drug-likeness (QED) is 0.230. The van der Waals surface area contributed by atoms with Gasteiger partial charge in [-0.3, -0.25) is 14.2 Å². The fraction of sp³-hybridized carbons (Fsp3) is 0.206. The Morgan fingerprint density at radius 2 is 1.74 bits per heavy atom. The first-order valence-corrected chi connectivity index (χ1v) is 15.4. The van der Waals surface area contributed by atoms with Crippen LogP contribution in [0.4, 0.5) is 4.39 Å². The van der Waals surface area contributed by atoms with Gasteiger partial charge < -0.3 is 9.47 Å². The lowest BCUT2D eigenvalue weighted by atomic mass is 9.94. The summed E-state index contributed by atoms with van der Waals surface area (Å²) in [6.07, 6.45) is 3.82. The van der Waals surface area contributed by atoms with E-state index < -0.39 is 6.04 Å². The number of para-hydroxylation sites is 1. The van der Waals surface area contributed by atoms with Crippen molar-refractivity contribution in [3.63, 3.8) is 0 Å². The second-order valence-corrected chi connectivity index (χ2v) is 11.9. The van der Waals surface area contributed by atoms with Crippen LogP contribution in [-0.2, 0) is 11.3 Å². The molecule has 0 fully saturated rings. The molecule has 0 saturated carbocycles. The molecule has 0 saturated heterocycles. The fourth-order valence-electron chi connectivity index (χ4n) is 5.71. The Morgan fingerprint density at radius 1 is 1.05 bits per heavy atom. The standard InChI is InChI=1S/C34H30ClFN4O2S/c1-4-38(5-2)33(42)30-21(3)37-34-40(31(30)22-14-16-25(35)17-15-22)32(41)29(43-34)18-24-20-39(28-13-9-7-11-26(24)28)19-23-10-6-8-12-27(23)36/h6-18,20,31H,4-5,19H2,1-3H3/b29-18+/t31-/m1/s1. The van der Waals surface area contributed by atoms with Gasteiger partial charge >= 0.3 is 0 Å². The molecule has 1 amide bonds. The van der Waals surface area contributed by atoms with Gasteiger partial charge in [0.1, 0.15) is 5.82 Å². The maximum absolute atomic E-state index is 14.5. The number of hydrogen-bond donors (Lipinski definition) is 0. The molecule has 6 nitrogen and oxygen atoms in total. The minimum absolute atomic E-state index is 0.142. The summed E-state index contributed by atoms with van der Waals surface area (Å²) in [5.74, 6) is -0.403. The van der Waals surface area contributed by atoms with Crippen molar-refractivity contribution in [3.05, 3.63) is 137 Å². The lowest BCUT2D eigenvalue weighted by Gasteiger charge is -2.29. The Labute approximate surface area is 257 Å².